The van der Waals surface area contributed by atoms with Crippen LogP contribution >= 0.6 is 0 Å². The first-order valence-electron chi connectivity index (χ1n) is 11.9. The SMILES string of the molecule is CC(C)[C@@H](C)NC(=O)N1CCN([C@H](CCC#N)Cn2cc(-c3ncnc4[nH]ccc34)cn2)CC1. The van der Waals surface area contributed by atoms with Crippen LogP contribution in [0.3, 0.4) is 0 Å². The Kier molecular flexibility index (Phi) is 7.43. The Bertz CT molecular complexity index is 1140. The molecule has 1 aliphatic heterocycles. The first-order chi connectivity index (χ1) is 16.5. The predicted molar refractivity (Wildman–Crippen MR) is 130 cm³/mol. The summed E-state index contributed by atoms with van der Waals surface area (Å²) in [7, 11) is 0. The lowest BCUT2D eigenvalue weighted by Crippen LogP contribution is -2.56. The van der Waals surface area contributed by atoms with E-state index in [2.05, 4.69) is 50.2 Å². The molecule has 0 saturated carbocycles. The molecule has 0 unspecified atom stereocenters. The Morgan fingerprint density at radius 1 is 1.24 bits per heavy atom. The maximum atomic E-state index is 12.6. The zero-order valence-corrected chi connectivity index (χ0v) is 20.1. The Balaban J connectivity index is 1.40. The molecule has 10 heteroatoms. The molecule has 2 atom stereocenters. The highest BCUT2D eigenvalue weighted by atomic mass is 16.2. The van der Waals surface area contributed by atoms with Crippen molar-refractivity contribution in [3.63, 3.8) is 0 Å². The summed E-state index contributed by atoms with van der Waals surface area (Å²) in [6.07, 6.45) is 8.49. The maximum absolute atomic E-state index is 12.6. The van der Waals surface area contributed by atoms with Crippen molar-refractivity contribution in [1.82, 2.24) is 39.8 Å². The number of H-pyrrole nitrogens is 1. The van der Waals surface area contributed by atoms with Gasteiger partial charge in [0.25, 0.3) is 0 Å². The van der Waals surface area contributed by atoms with Crippen molar-refractivity contribution in [3.05, 3.63) is 31.0 Å². The van der Waals surface area contributed by atoms with E-state index < -0.39 is 0 Å². The van der Waals surface area contributed by atoms with Crippen molar-refractivity contribution >= 4 is 17.1 Å². The van der Waals surface area contributed by atoms with Crippen molar-refractivity contribution in [2.45, 2.75) is 52.2 Å². The second-order valence-electron chi connectivity index (χ2n) is 9.27. The number of hydrogen-bond donors (Lipinski definition) is 2. The number of carbonyl (C=O) groups is 1. The van der Waals surface area contributed by atoms with Gasteiger partial charge in [0.15, 0.2) is 0 Å². The fourth-order valence-electron chi connectivity index (χ4n) is 4.27. The van der Waals surface area contributed by atoms with Gasteiger partial charge < -0.3 is 15.2 Å². The number of nitrogens with one attached hydrogen (secondary N) is 2. The average Bonchev–Trinajstić information content (AvgIpc) is 3.51. The lowest BCUT2D eigenvalue weighted by atomic mass is 10.1. The number of rotatable bonds is 8. The van der Waals surface area contributed by atoms with Gasteiger partial charge in [-0.1, -0.05) is 13.8 Å². The summed E-state index contributed by atoms with van der Waals surface area (Å²) in [5, 5.41) is 17.8. The van der Waals surface area contributed by atoms with Gasteiger partial charge in [0.1, 0.15) is 12.0 Å². The molecule has 0 aromatic carbocycles. The maximum Gasteiger partial charge on any atom is 0.317 e. The molecule has 2 N–H and O–H groups in total. The Morgan fingerprint density at radius 3 is 2.76 bits per heavy atom. The molecule has 3 aromatic heterocycles. The highest BCUT2D eigenvalue weighted by molar-refractivity contribution is 5.89. The monoisotopic (exact) mass is 463 g/mol. The van der Waals surface area contributed by atoms with Crippen molar-refractivity contribution in [3.8, 4) is 17.3 Å². The van der Waals surface area contributed by atoms with E-state index in [1.165, 1.54) is 0 Å². The van der Waals surface area contributed by atoms with Crippen molar-refractivity contribution in [1.29, 1.82) is 5.26 Å². The van der Waals surface area contributed by atoms with E-state index in [4.69, 9.17) is 0 Å². The minimum absolute atomic E-state index is 0.00654. The molecule has 4 heterocycles. The van der Waals surface area contributed by atoms with Crippen LogP contribution in [-0.2, 0) is 6.54 Å². The highest BCUT2D eigenvalue weighted by Gasteiger charge is 2.27. The number of carbonyl (C=O) groups excluding carboxylic acids is 1. The molecular formula is C24H33N9O. The molecule has 2 amide bonds. The summed E-state index contributed by atoms with van der Waals surface area (Å²) in [4.78, 5) is 28.7. The fraction of sp³-hybridized carbons (Fsp3) is 0.542. The summed E-state index contributed by atoms with van der Waals surface area (Å²) in [6.45, 7) is 9.85. The largest absolute Gasteiger partial charge is 0.346 e. The van der Waals surface area contributed by atoms with Gasteiger partial charge in [0.2, 0.25) is 0 Å². The number of nitrogens with zero attached hydrogens (tertiary/aromatic N) is 7. The standard InChI is InChI=1S/C24H33N9O/c1-17(2)18(3)30-24(34)32-11-9-31(10-12-32)20(5-4-7-25)15-33-14-19(13-29-33)22-21-6-8-26-23(21)28-16-27-22/h6,8,13-14,16-18,20H,4-5,9-12,15H2,1-3H3,(H,30,34)(H,26,27,28)/t18-,20-/m1/s1. The molecule has 1 saturated heterocycles. The van der Waals surface area contributed by atoms with E-state index >= 15 is 0 Å². The highest BCUT2D eigenvalue weighted by Crippen LogP contribution is 2.24. The third-order valence-corrected chi connectivity index (χ3v) is 6.72. The lowest BCUT2D eigenvalue weighted by molar-refractivity contribution is 0.0936. The third-order valence-electron chi connectivity index (χ3n) is 6.72. The number of nitriles is 1. The van der Waals surface area contributed by atoms with Gasteiger partial charge >= 0.3 is 6.03 Å². The number of urea groups is 1. The summed E-state index contributed by atoms with van der Waals surface area (Å²) in [5.74, 6) is 0.398. The second-order valence-corrected chi connectivity index (χ2v) is 9.27. The molecule has 0 bridgehead atoms. The number of hydrogen-bond acceptors (Lipinski definition) is 6. The number of aromatic amines is 1. The van der Waals surface area contributed by atoms with E-state index in [0.29, 0.717) is 32.0 Å². The van der Waals surface area contributed by atoms with Gasteiger partial charge in [-0.25, -0.2) is 14.8 Å². The van der Waals surface area contributed by atoms with Gasteiger partial charge in [-0.2, -0.15) is 10.4 Å². The first-order valence-corrected chi connectivity index (χ1v) is 11.9. The van der Waals surface area contributed by atoms with Crippen LogP contribution in [0.4, 0.5) is 4.79 Å². The molecule has 4 rings (SSSR count). The van der Waals surface area contributed by atoms with Crippen LogP contribution in [0.25, 0.3) is 22.3 Å². The van der Waals surface area contributed by atoms with E-state index in [-0.39, 0.29) is 18.1 Å². The minimum Gasteiger partial charge on any atom is -0.346 e. The van der Waals surface area contributed by atoms with Crippen LogP contribution in [-0.4, -0.2) is 78.8 Å². The predicted octanol–water partition coefficient (Wildman–Crippen LogP) is 2.87. The summed E-state index contributed by atoms with van der Waals surface area (Å²) >= 11 is 0. The molecule has 0 radical (unpaired) electrons. The van der Waals surface area contributed by atoms with E-state index in [1.807, 2.05) is 41.2 Å². The van der Waals surface area contributed by atoms with Crippen LogP contribution in [0.5, 0.6) is 0 Å². The van der Waals surface area contributed by atoms with Gasteiger partial charge in [-0.05, 0) is 25.3 Å². The quantitative estimate of drug-likeness (QED) is 0.530. The van der Waals surface area contributed by atoms with Crippen molar-refractivity contribution < 1.29 is 4.79 Å². The normalized spacial score (nSPS) is 16.5. The van der Waals surface area contributed by atoms with Crippen LogP contribution < -0.4 is 5.32 Å². The Hall–Kier alpha value is -3.45. The summed E-state index contributed by atoms with van der Waals surface area (Å²) in [6, 6.07) is 4.57. The topological polar surface area (TPSA) is 119 Å². The van der Waals surface area contributed by atoms with Crippen LogP contribution in [0.15, 0.2) is 31.0 Å². The molecule has 34 heavy (non-hydrogen) atoms. The number of piperazine rings is 1. The zero-order chi connectivity index (χ0) is 24.1. The molecule has 3 aromatic rings. The molecule has 0 spiro atoms. The molecule has 1 aliphatic rings. The second kappa shape index (κ2) is 10.7. The average molecular weight is 464 g/mol. The van der Waals surface area contributed by atoms with Crippen LogP contribution in [0.1, 0.15) is 33.6 Å². The van der Waals surface area contributed by atoms with Crippen LogP contribution in [0, 0.1) is 17.2 Å². The summed E-state index contributed by atoms with van der Waals surface area (Å²) < 4.78 is 1.93. The Morgan fingerprint density at radius 2 is 2.03 bits per heavy atom. The fourth-order valence-corrected chi connectivity index (χ4v) is 4.27. The number of fused-ring (bicyclic) bond motifs is 1. The van der Waals surface area contributed by atoms with Gasteiger partial charge in [0, 0.05) is 68.0 Å². The number of amides is 2. The van der Waals surface area contributed by atoms with Gasteiger partial charge in [-0.15, -0.1) is 0 Å². The molecular weight excluding hydrogens is 430 g/mol. The first kappa shape index (κ1) is 23.7. The van der Waals surface area contributed by atoms with E-state index in [0.717, 1.165) is 41.8 Å². The van der Waals surface area contributed by atoms with Crippen LogP contribution in [0.2, 0.25) is 0 Å². The number of aromatic nitrogens is 5. The van der Waals surface area contributed by atoms with Crippen molar-refractivity contribution in [2.75, 3.05) is 26.2 Å². The smallest absolute Gasteiger partial charge is 0.317 e. The minimum atomic E-state index is 0.00654. The van der Waals surface area contributed by atoms with E-state index in [1.54, 1.807) is 6.33 Å². The van der Waals surface area contributed by atoms with Gasteiger partial charge in [0.05, 0.1) is 24.5 Å². The van der Waals surface area contributed by atoms with Gasteiger partial charge in [-0.3, -0.25) is 9.58 Å². The third kappa shape index (κ3) is 5.37. The Labute approximate surface area is 200 Å². The molecule has 10 nitrogen and oxygen atoms in total. The zero-order valence-electron chi connectivity index (χ0n) is 20.1. The lowest BCUT2D eigenvalue weighted by Gasteiger charge is -2.39. The molecule has 1 fully saturated rings. The van der Waals surface area contributed by atoms with Crippen molar-refractivity contribution in [2.24, 2.45) is 5.92 Å². The summed E-state index contributed by atoms with van der Waals surface area (Å²) in [5.41, 5.74) is 2.59. The molecule has 0 aliphatic carbocycles. The van der Waals surface area contributed by atoms with E-state index in [9.17, 15) is 10.1 Å². The molecule has 180 valence electrons.